The van der Waals surface area contributed by atoms with Crippen molar-refractivity contribution in [3.05, 3.63) is 52.0 Å². The normalized spacial score (nSPS) is 10.7. The lowest BCUT2D eigenvalue weighted by molar-refractivity contribution is 0.103. The van der Waals surface area contributed by atoms with Gasteiger partial charge in [0.15, 0.2) is 0 Å². The highest BCUT2D eigenvalue weighted by atomic mass is 32.1. The van der Waals surface area contributed by atoms with Crippen molar-refractivity contribution in [1.82, 2.24) is 19.7 Å². The smallest absolute Gasteiger partial charge is 0.267 e. The predicted molar refractivity (Wildman–Crippen MR) is 85.6 cm³/mol. The molecule has 1 amide bonds. The first-order chi connectivity index (χ1) is 10.5. The second-order valence-electron chi connectivity index (χ2n) is 4.90. The first kappa shape index (κ1) is 14.4. The number of rotatable bonds is 3. The monoisotopic (exact) mass is 313 g/mol. The number of benzene rings is 1. The number of nitrogens with one attached hydrogen (secondary N) is 1. The van der Waals surface area contributed by atoms with Crippen LogP contribution >= 0.6 is 11.3 Å². The summed E-state index contributed by atoms with van der Waals surface area (Å²) < 4.78 is 1.86. The fraction of sp³-hybridized carbons (Fsp3) is 0.200. The Morgan fingerprint density at radius 1 is 1.27 bits per heavy atom. The number of thiazole rings is 1. The highest BCUT2D eigenvalue weighted by molar-refractivity contribution is 7.13. The lowest BCUT2D eigenvalue weighted by atomic mass is 10.2. The van der Waals surface area contributed by atoms with Gasteiger partial charge in [-0.25, -0.2) is 4.98 Å². The maximum absolute atomic E-state index is 12.3. The second-order valence-corrected chi connectivity index (χ2v) is 6.10. The molecule has 6 nitrogen and oxygen atoms in total. The molecule has 0 atom stereocenters. The van der Waals surface area contributed by atoms with Gasteiger partial charge in [0, 0.05) is 5.69 Å². The summed E-state index contributed by atoms with van der Waals surface area (Å²) in [5.74, 6) is 0.651. The maximum atomic E-state index is 12.3. The van der Waals surface area contributed by atoms with Gasteiger partial charge >= 0.3 is 0 Å². The van der Waals surface area contributed by atoms with Crippen molar-refractivity contribution in [2.24, 2.45) is 0 Å². The van der Waals surface area contributed by atoms with E-state index in [-0.39, 0.29) is 5.91 Å². The minimum Gasteiger partial charge on any atom is -0.321 e. The fourth-order valence-electron chi connectivity index (χ4n) is 2.21. The van der Waals surface area contributed by atoms with E-state index in [2.05, 4.69) is 20.5 Å². The van der Waals surface area contributed by atoms with Gasteiger partial charge in [-0.2, -0.15) is 0 Å². The van der Waals surface area contributed by atoms with Crippen LogP contribution < -0.4 is 5.32 Å². The summed E-state index contributed by atoms with van der Waals surface area (Å²) in [6.07, 6.45) is 1.65. The van der Waals surface area contributed by atoms with Crippen molar-refractivity contribution in [2.75, 3.05) is 5.32 Å². The van der Waals surface area contributed by atoms with Crippen molar-refractivity contribution in [2.45, 2.75) is 20.8 Å². The number of carbonyl (C=O) groups excluding carboxylic acids is 1. The van der Waals surface area contributed by atoms with E-state index in [1.807, 2.05) is 49.6 Å². The van der Waals surface area contributed by atoms with Gasteiger partial charge in [0.05, 0.1) is 16.4 Å². The Hall–Kier alpha value is -2.54. The van der Waals surface area contributed by atoms with E-state index in [1.165, 1.54) is 11.3 Å². The Bertz CT molecular complexity index is 836. The zero-order valence-electron chi connectivity index (χ0n) is 12.5. The minimum atomic E-state index is -0.138. The number of hydrogen-bond donors (Lipinski definition) is 1. The van der Waals surface area contributed by atoms with Gasteiger partial charge < -0.3 is 5.32 Å². The van der Waals surface area contributed by atoms with Crippen LogP contribution in [-0.2, 0) is 0 Å². The molecule has 0 aliphatic heterocycles. The fourth-order valence-corrected chi connectivity index (χ4v) is 3.02. The molecule has 0 bridgehead atoms. The Labute approximate surface area is 131 Å². The number of hydrogen-bond acceptors (Lipinski definition) is 5. The van der Waals surface area contributed by atoms with Gasteiger partial charge in [0.2, 0.25) is 0 Å². The van der Waals surface area contributed by atoms with Crippen molar-refractivity contribution < 1.29 is 4.79 Å². The molecule has 0 unspecified atom stereocenters. The first-order valence-electron chi connectivity index (χ1n) is 6.77. The highest BCUT2D eigenvalue weighted by Crippen LogP contribution is 2.20. The summed E-state index contributed by atoms with van der Waals surface area (Å²) in [5.41, 5.74) is 2.38. The van der Waals surface area contributed by atoms with E-state index in [0.717, 1.165) is 27.9 Å². The molecule has 0 aliphatic carbocycles. The molecular weight excluding hydrogens is 298 g/mol. The van der Waals surface area contributed by atoms with Crippen LogP contribution in [0, 0.1) is 20.8 Å². The molecular formula is C15H15N5OS. The first-order valence-corrected chi connectivity index (χ1v) is 7.58. The average Bonchev–Trinajstić information content (AvgIpc) is 3.04. The summed E-state index contributed by atoms with van der Waals surface area (Å²) in [7, 11) is 0. The van der Waals surface area contributed by atoms with Crippen LogP contribution in [0.1, 0.15) is 26.2 Å². The Morgan fingerprint density at radius 2 is 2.09 bits per heavy atom. The number of anilines is 1. The number of carbonyl (C=O) groups is 1. The van der Waals surface area contributed by atoms with Crippen molar-refractivity contribution >= 4 is 22.9 Å². The van der Waals surface area contributed by atoms with E-state index in [1.54, 1.807) is 6.33 Å². The third-order valence-electron chi connectivity index (χ3n) is 3.21. The van der Waals surface area contributed by atoms with E-state index >= 15 is 0 Å². The lowest BCUT2D eigenvalue weighted by Crippen LogP contribution is -2.11. The highest BCUT2D eigenvalue weighted by Gasteiger charge is 2.14. The maximum Gasteiger partial charge on any atom is 0.267 e. The minimum absolute atomic E-state index is 0.138. The molecule has 3 aromatic rings. The quantitative estimate of drug-likeness (QED) is 0.807. The largest absolute Gasteiger partial charge is 0.321 e. The van der Waals surface area contributed by atoms with Gasteiger partial charge in [0.25, 0.3) is 5.91 Å². The van der Waals surface area contributed by atoms with E-state index < -0.39 is 0 Å². The molecule has 0 aliphatic rings. The van der Waals surface area contributed by atoms with E-state index in [9.17, 15) is 4.79 Å². The van der Waals surface area contributed by atoms with E-state index in [0.29, 0.717) is 4.88 Å². The molecule has 0 spiro atoms. The number of aryl methyl sites for hydroxylation is 3. The Morgan fingerprint density at radius 3 is 2.73 bits per heavy atom. The molecule has 2 aromatic heterocycles. The number of nitrogens with zero attached hydrogens (tertiary/aromatic N) is 4. The predicted octanol–water partition coefficient (Wildman–Crippen LogP) is 2.90. The molecule has 22 heavy (non-hydrogen) atoms. The SMILES string of the molecule is Cc1nc(C)c(C(=O)Nc2cccc(-n3cnnc3C)c2)s1. The van der Waals surface area contributed by atoms with Crippen molar-refractivity contribution in [3.63, 3.8) is 0 Å². The number of aromatic nitrogens is 4. The Balaban J connectivity index is 1.86. The van der Waals surface area contributed by atoms with Crippen LogP contribution in [0.4, 0.5) is 5.69 Å². The topological polar surface area (TPSA) is 72.7 Å². The van der Waals surface area contributed by atoms with Crippen LogP contribution in [0.25, 0.3) is 5.69 Å². The van der Waals surface area contributed by atoms with Crippen LogP contribution in [0.2, 0.25) is 0 Å². The molecule has 0 saturated carbocycles. The molecule has 0 radical (unpaired) electrons. The van der Waals surface area contributed by atoms with Gasteiger partial charge in [-0.1, -0.05) is 6.07 Å². The van der Waals surface area contributed by atoms with Gasteiger partial charge in [0.1, 0.15) is 17.0 Å². The number of amides is 1. The standard InChI is InChI=1S/C15H15N5OS/c1-9-14(22-11(3)17-9)15(21)18-12-5-4-6-13(7-12)20-8-16-19-10(20)2/h4-8H,1-3H3,(H,18,21). The average molecular weight is 313 g/mol. The van der Waals surface area contributed by atoms with Gasteiger partial charge in [-0.05, 0) is 39.0 Å². The summed E-state index contributed by atoms with van der Waals surface area (Å²) in [6, 6.07) is 7.56. The second kappa shape index (κ2) is 5.69. The summed E-state index contributed by atoms with van der Waals surface area (Å²) in [4.78, 5) is 17.3. The molecule has 7 heteroatoms. The van der Waals surface area contributed by atoms with Gasteiger partial charge in [-0.3, -0.25) is 9.36 Å². The zero-order chi connectivity index (χ0) is 15.7. The van der Waals surface area contributed by atoms with Crippen LogP contribution in [0.15, 0.2) is 30.6 Å². The lowest BCUT2D eigenvalue weighted by Gasteiger charge is -2.08. The van der Waals surface area contributed by atoms with Crippen LogP contribution in [0.3, 0.4) is 0 Å². The molecule has 0 fully saturated rings. The molecule has 112 valence electrons. The molecule has 1 N–H and O–H groups in total. The van der Waals surface area contributed by atoms with Crippen LogP contribution in [0.5, 0.6) is 0 Å². The molecule has 0 saturated heterocycles. The van der Waals surface area contributed by atoms with Crippen molar-refractivity contribution in [3.8, 4) is 5.69 Å². The Kier molecular flexibility index (Phi) is 3.72. The van der Waals surface area contributed by atoms with Crippen molar-refractivity contribution in [1.29, 1.82) is 0 Å². The molecule has 2 heterocycles. The van der Waals surface area contributed by atoms with Gasteiger partial charge in [-0.15, -0.1) is 21.5 Å². The van der Waals surface area contributed by atoms with Crippen LogP contribution in [-0.4, -0.2) is 25.7 Å². The van der Waals surface area contributed by atoms with E-state index in [4.69, 9.17) is 0 Å². The third kappa shape index (κ3) is 2.75. The summed E-state index contributed by atoms with van der Waals surface area (Å²) in [6.45, 7) is 5.61. The molecule has 1 aromatic carbocycles. The third-order valence-corrected chi connectivity index (χ3v) is 4.28. The summed E-state index contributed by atoms with van der Waals surface area (Å²) >= 11 is 1.40. The zero-order valence-corrected chi connectivity index (χ0v) is 13.3. The summed E-state index contributed by atoms with van der Waals surface area (Å²) in [5, 5.41) is 11.6. The molecule has 3 rings (SSSR count).